The summed E-state index contributed by atoms with van der Waals surface area (Å²) in [6.07, 6.45) is 4.78. The highest BCUT2D eigenvalue weighted by Crippen LogP contribution is 2.64. The Hall–Kier alpha value is -1.32. The molecule has 2 rings (SSSR count). The average Bonchev–Trinajstić information content (AvgIpc) is 2.57. The van der Waals surface area contributed by atoms with Gasteiger partial charge >= 0.3 is 6.03 Å². The normalized spacial score (nSPS) is 34.7. The highest BCUT2D eigenvalue weighted by Gasteiger charge is 2.56. The van der Waals surface area contributed by atoms with E-state index in [1.165, 1.54) is 18.4 Å². The van der Waals surface area contributed by atoms with Crippen LogP contribution in [0.3, 0.4) is 0 Å². The van der Waals surface area contributed by atoms with Crippen molar-refractivity contribution >= 4 is 11.7 Å². The van der Waals surface area contributed by atoms with Gasteiger partial charge < -0.3 is 5.73 Å². The Morgan fingerprint density at radius 2 is 2.18 bits per heavy atom. The van der Waals surface area contributed by atoms with Crippen molar-refractivity contribution in [1.82, 2.24) is 5.43 Å². The van der Waals surface area contributed by atoms with Crippen molar-refractivity contribution in [3.63, 3.8) is 0 Å². The quantitative estimate of drug-likeness (QED) is 0.560. The third-order valence-electron chi connectivity index (χ3n) is 4.90. The summed E-state index contributed by atoms with van der Waals surface area (Å²) >= 11 is 0. The number of amides is 2. The zero-order valence-electron chi connectivity index (χ0n) is 11.0. The molecule has 94 valence electrons. The van der Waals surface area contributed by atoms with Crippen LogP contribution in [0.4, 0.5) is 4.79 Å². The molecule has 4 heteroatoms. The van der Waals surface area contributed by atoms with Crippen molar-refractivity contribution in [1.29, 1.82) is 0 Å². The minimum absolute atomic E-state index is 0.260. The van der Waals surface area contributed by atoms with Gasteiger partial charge in [-0.15, -0.1) is 0 Å². The fourth-order valence-electron chi connectivity index (χ4n) is 3.33. The standard InChI is InChI=1S/C13H21N3O/c1-8(15-16-11(14)17)9-7-13(4)6-5-10(9)12(13,2)3/h7,10H,5-6H2,1-4H3,(H3,14,16,17)/b15-8+/t10-,13+/m1/s1. The maximum atomic E-state index is 10.7. The molecule has 2 aliphatic carbocycles. The first kappa shape index (κ1) is 12.1. The largest absolute Gasteiger partial charge is 0.350 e. The number of nitrogens with zero attached hydrogens (tertiary/aromatic N) is 1. The fourth-order valence-corrected chi connectivity index (χ4v) is 3.33. The lowest BCUT2D eigenvalue weighted by molar-refractivity contribution is 0.181. The molecule has 0 saturated heterocycles. The predicted molar refractivity (Wildman–Crippen MR) is 68.5 cm³/mol. The van der Waals surface area contributed by atoms with E-state index >= 15 is 0 Å². The van der Waals surface area contributed by atoms with Crippen LogP contribution in [0.2, 0.25) is 0 Å². The van der Waals surface area contributed by atoms with Gasteiger partial charge in [0, 0.05) is 0 Å². The van der Waals surface area contributed by atoms with E-state index in [1.807, 2.05) is 6.92 Å². The number of primary amides is 1. The number of hydrazone groups is 1. The Morgan fingerprint density at radius 1 is 1.53 bits per heavy atom. The van der Waals surface area contributed by atoms with Gasteiger partial charge in [0.2, 0.25) is 0 Å². The lowest BCUT2D eigenvalue weighted by Gasteiger charge is -2.34. The summed E-state index contributed by atoms with van der Waals surface area (Å²) in [5.74, 6) is 0.547. The molecule has 0 aromatic carbocycles. The number of fused-ring (bicyclic) bond motifs is 2. The van der Waals surface area contributed by atoms with Crippen molar-refractivity contribution in [2.75, 3.05) is 0 Å². The second-order valence-corrected chi connectivity index (χ2v) is 6.00. The van der Waals surface area contributed by atoms with Crippen LogP contribution in [0.5, 0.6) is 0 Å². The summed E-state index contributed by atoms with van der Waals surface area (Å²) in [7, 11) is 0. The van der Waals surface area contributed by atoms with E-state index in [0.29, 0.717) is 5.92 Å². The molecule has 0 aliphatic heterocycles. The summed E-state index contributed by atoms with van der Waals surface area (Å²) in [5.41, 5.74) is 10.0. The minimum atomic E-state index is -0.612. The predicted octanol–water partition coefficient (Wildman–Crippen LogP) is 2.41. The van der Waals surface area contributed by atoms with Crippen molar-refractivity contribution in [2.45, 2.75) is 40.5 Å². The second-order valence-electron chi connectivity index (χ2n) is 6.00. The van der Waals surface area contributed by atoms with Gasteiger partial charge in [0.1, 0.15) is 0 Å². The van der Waals surface area contributed by atoms with Gasteiger partial charge in [0.25, 0.3) is 0 Å². The van der Waals surface area contributed by atoms with Crippen LogP contribution in [0.25, 0.3) is 0 Å². The number of rotatable bonds is 2. The van der Waals surface area contributed by atoms with Crippen LogP contribution >= 0.6 is 0 Å². The van der Waals surface area contributed by atoms with Gasteiger partial charge in [0.15, 0.2) is 0 Å². The minimum Gasteiger partial charge on any atom is -0.350 e. The van der Waals surface area contributed by atoms with Gasteiger partial charge in [-0.1, -0.05) is 26.8 Å². The zero-order valence-corrected chi connectivity index (χ0v) is 11.0. The monoisotopic (exact) mass is 235 g/mol. The van der Waals surface area contributed by atoms with Crippen LogP contribution in [0.1, 0.15) is 40.5 Å². The number of hydrogen-bond acceptors (Lipinski definition) is 2. The maximum absolute atomic E-state index is 10.7. The van der Waals surface area contributed by atoms with Crippen molar-refractivity contribution < 1.29 is 4.79 Å². The first-order valence-electron chi connectivity index (χ1n) is 6.11. The van der Waals surface area contributed by atoms with Crippen LogP contribution in [0, 0.1) is 16.7 Å². The lowest BCUT2D eigenvalue weighted by Crippen LogP contribution is -2.28. The van der Waals surface area contributed by atoms with Gasteiger partial charge in [-0.3, -0.25) is 0 Å². The van der Waals surface area contributed by atoms with E-state index in [-0.39, 0.29) is 10.8 Å². The number of carbonyl (C=O) groups excluding carboxylic acids is 1. The molecule has 4 nitrogen and oxygen atoms in total. The molecule has 2 atom stereocenters. The number of nitrogens with one attached hydrogen (secondary N) is 1. The Labute approximate surface area is 102 Å². The molecule has 2 aliphatic rings. The molecule has 0 heterocycles. The molecule has 0 aromatic heterocycles. The molecular formula is C13H21N3O. The zero-order chi connectivity index (χ0) is 12.8. The van der Waals surface area contributed by atoms with Crippen LogP contribution in [-0.4, -0.2) is 11.7 Å². The number of nitrogens with two attached hydrogens (primary N) is 1. The van der Waals surface area contributed by atoms with Crippen molar-refractivity contribution in [3.8, 4) is 0 Å². The molecule has 17 heavy (non-hydrogen) atoms. The maximum Gasteiger partial charge on any atom is 0.332 e. The highest BCUT2D eigenvalue weighted by atomic mass is 16.2. The Balaban J connectivity index is 2.26. The number of hydrogen-bond donors (Lipinski definition) is 2. The number of urea groups is 1. The van der Waals surface area contributed by atoms with E-state index in [1.54, 1.807) is 0 Å². The lowest BCUT2D eigenvalue weighted by atomic mass is 9.70. The van der Waals surface area contributed by atoms with E-state index in [2.05, 4.69) is 37.4 Å². The molecule has 1 saturated carbocycles. The Kier molecular flexibility index (Phi) is 2.56. The van der Waals surface area contributed by atoms with Gasteiger partial charge in [-0.05, 0) is 42.1 Å². The molecule has 0 unspecified atom stereocenters. The summed E-state index contributed by atoms with van der Waals surface area (Å²) in [6.45, 7) is 8.89. The summed E-state index contributed by atoms with van der Waals surface area (Å²) in [4.78, 5) is 10.7. The van der Waals surface area contributed by atoms with Crippen molar-refractivity contribution in [3.05, 3.63) is 11.6 Å². The van der Waals surface area contributed by atoms with E-state index in [4.69, 9.17) is 5.73 Å². The molecular weight excluding hydrogens is 214 g/mol. The fraction of sp³-hybridized carbons (Fsp3) is 0.692. The highest BCUT2D eigenvalue weighted by molar-refractivity contribution is 6.00. The summed E-state index contributed by atoms with van der Waals surface area (Å²) < 4.78 is 0. The van der Waals surface area contributed by atoms with E-state index in [9.17, 15) is 4.79 Å². The number of carbonyl (C=O) groups is 1. The Morgan fingerprint density at radius 3 is 2.59 bits per heavy atom. The summed E-state index contributed by atoms with van der Waals surface area (Å²) in [5, 5.41) is 4.04. The third kappa shape index (κ3) is 1.66. The van der Waals surface area contributed by atoms with Gasteiger partial charge in [-0.25, -0.2) is 10.2 Å². The van der Waals surface area contributed by atoms with Gasteiger partial charge in [-0.2, -0.15) is 5.10 Å². The SMILES string of the molecule is C/C(=N\NC(N)=O)C1=C[C@]2(C)CC[C@H]1C2(C)C. The smallest absolute Gasteiger partial charge is 0.332 e. The molecule has 3 N–H and O–H groups in total. The first-order chi connectivity index (χ1) is 7.78. The number of allylic oxidation sites excluding steroid dienone is 2. The van der Waals surface area contributed by atoms with Crippen LogP contribution in [-0.2, 0) is 0 Å². The summed E-state index contributed by atoms with van der Waals surface area (Å²) in [6, 6.07) is -0.612. The van der Waals surface area contributed by atoms with E-state index < -0.39 is 6.03 Å². The van der Waals surface area contributed by atoms with Crippen LogP contribution in [0.15, 0.2) is 16.8 Å². The van der Waals surface area contributed by atoms with Crippen molar-refractivity contribution in [2.24, 2.45) is 27.6 Å². The average molecular weight is 235 g/mol. The molecule has 2 amide bonds. The first-order valence-corrected chi connectivity index (χ1v) is 6.11. The third-order valence-corrected chi connectivity index (χ3v) is 4.90. The molecule has 0 radical (unpaired) electrons. The molecule has 1 fully saturated rings. The van der Waals surface area contributed by atoms with Crippen LogP contribution < -0.4 is 11.2 Å². The molecule has 2 bridgehead atoms. The molecule has 0 aromatic rings. The second kappa shape index (κ2) is 3.59. The Bertz CT molecular complexity index is 422. The van der Waals surface area contributed by atoms with E-state index in [0.717, 1.165) is 5.71 Å². The molecule has 0 spiro atoms. The topological polar surface area (TPSA) is 67.5 Å². The van der Waals surface area contributed by atoms with Gasteiger partial charge in [0.05, 0.1) is 5.71 Å².